The van der Waals surface area contributed by atoms with Crippen molar-refractivity contribution in [3.63, 3.8) is 0 Å². The Kier molecular flexibility index (Phi) is 7.66. The first-order valence-electron chi connectivity index (χ1n) is 8.59. The third-order valence-electron chi connectivity index (χ3n) is 3.67. The average Bonchev–Trinajstić information content (AvgIpc) is 2.67. The van der Waals surface area contributed by atoms with Crippen LogP contribution in [0, 0.1) is 10.1 Å². The smallest absolute Gasteiger partial charge is 0.429 e. The summed E-state index contributed by atoms with van der Waals surface area (Å²) in [7, 11) is 0. The number of non-ortho nitro benzene ring substituents is 1. The molecule has 10 nitrogen and oxygen atoms in total. The van der Waals surface area contributed by atoms with E-state index in [2.05, 4.69) is 5.32 Å². The number of amides is 2. The van der Waals surface area contributed by atoms with Gasteiger partial charge < -0.3 is 20.5 Å². The number of rotatable bonds is 9. The molecule has 0 aromatic heterocycles. The van der Waals surface area contributed by atoms with Gasteiger partial charge in [0.25, 0.3) is 5.69 Å². The highest BCUT2D eigenvalue weighted by Gasteiger charge is 2.10. The Morgan fingerprint density at radius 2 is 1.66 bits per heavy atom. The molecule has 3 N–H and O–H groups in total. The van der Waals surface area contributed by atoms with E-state index in [1.54, 1.807) is 24.3 Å². The van der Waals surface area contributed by atoms with Gasteiger partial charge in [0.05, 0.1) is 4.92 Å². The molecule has 0 radical (unpaired) electrons. The molecule has 0 unspecified atom stereocenters. The van der Waals surface area contributed by atoms with Crippen LogP contribution in [0.1, 0.15) is 24.8 Å². The van der Waals surface area contributed by atoms with Gasteiger partial charge in [-0.15, -0.1) is 0 Å². The van der Waals surface area contributed by atoms with Gasteiger partial charge in [-0.25, -0.2) is 4.79 Å². The van der Waals surface area contributed by atoms with Crippen LogP contribution >= 0.6 is 0 Å². The molecule has 0 bridgehead atoms. The molecule has 0 heterocycles. The Bertz CT molecular complexity index is 880. The lowest BCUT2D eigenvalue weighted by Crippen LogP contribution is -2.14. The maximum Gasteiger partial charge on any atom is 0.514 e. The second-order valence-electron chi connectivity index (χ2n) is 5.96. The molecule has 2 aromatic carbocycles. The van der Waals surface area contributed by atoms with Crippen molar-refractivity contribution >= 4 is 29.3 Å². The molecule has 0 fully saturated rings. The van der Waals surface area contributed by atoms with Crippen LogP contribution in [0.25, 0.3) is 0 Å². The van der Waals surface area contributed by atoms with E-state index in [1.165, 1.54) is 24.3 Å². The SMILES string of the molecule is NC(=O)CCCC(=O)Nc1ccc(COC(=O)Oc2ccc([N+](=O)[O-])cc2)cc1. The molecule has 10 heteroatoms. The molecule has 2 amide bonds. The lowest BCUT2D eigenvalue weighted by atomic mass is 10.2. The fourth-order valence-corrected chi connectivity index (χ4v) is 2.23. The van der Waals surface area contributed by atoms with Gasteiger partial charge in [-0.2, -0.15) is 0 Å². The number of carbonyl (C=O) groups is 3. The van der Waals surface area contributed by atoms with E-state index in [9.17, 15) is 24.5 Å². The number of hydrogen-bond donors (Lipinski definition) is 2. The van der Waals surface area contributed by atoms with E-state index < -0.39 is 17.0 Å². The quantitative estimate of drug-likeness (QED) is 0.284. The zero-order valence-corrected chi connectivity index (χ0v) is 15.3. The second-order valence-corrected chi connectivity index (χ2v) is 5.96. The van der Waals surface area contributed by atoms with Crippen LogP contribution in [-0.4, -0.2) is 22.9 Å². The van der Waals surface area contributed by atoms with Crippen molar-refractivity contribution < 1.29 is 28.8 Å². The summed E-state index contributed by atoms with van der Waals surface area (Å²) < 4.78 is 9.91. The highest BCUT2D eigenvalue weighted by molar-refractivity contribution is 5.90. The molecule has 0 aliphatic carbocycles. The van der Waals surface area contributed by atoms with Gasteiger partial charge in [-0.1, -0.05) is 12.1 Å². The highest BCUT2D eigenvalue weighted by atomic mass is 16.7. The van der Waals surface area contributed by atoms with Crippen molar-refractivity contribution in [2.24, 2.45) is 5.73 Å². The summed E-state index contributed by atoms with van der Waals surface area (Å²) in [6, 6.07) is 11.6. The standard InChI is InChI=1S/C19H19N3O7/c20-17(23)2-1-3-18(24)21-14-6-4-13(5-7-14)12-28-19(25)29-16-10-8-15(9-11-16)22(26)27/h4-11H,1-3,12H2,(H2,20,23)(H,21,24). The van der Waals surface area contributed by atoms with Crippen molar-refractivity contribution in [3.05, 3.63) is 64.2 Å². The number of nitro groups is 1. The van der Waals surface area contributed by atoms with Crippen molar-refractivity contribution in [2.45, 2.75) is 25.9 Å². The molecule has 2 aromatic rings. The maximum absolute atomic E-state index is 11.7. The first-order valence-corrected chi connectivity index (χ1v) is 8.59. The summed E-state index contributed by atoms with van der Waals surface area (Å²) in [6.07, 6.45) is -0.239. The molecule has 0 atom stereocenters. The molecule has 0 saturated carbocycles. The number of ether oxygens (including phenoxy) is 2. The third kappa shape index (κ3) is 7.67. The van der Waals surface area contributed by atoms with E-state index in [0.717, 1.165) is 0 Å². The molecule has 152 valence electrons. The van der Waals surface area contributed by atoms with Gasteiger partial charge in [0.1, 0.15) is 12.4 Å². The summed E-state index contributed by atoms with van der Waals surface area (Å²) >= 11 is 0. The normalized spacial score (nSPS) is 10.1. The molecular weight excluding hydrogens is 382 g/mol. The Morgan fingerprint density at radius 3 is 2.24 bits per heavy atom. The third-order valence-corrected chi connectivity index (χ3v) is 3.67. The largest absolute Gasteiger partial charge is 0.514 e. The van der Waals surface area contributed by atoms with Crippen LogP contribution in [0.4, 0.5) is 16.2 Å². The van der Waals surface area contributed by atoms with Gasteiger partial charge in [0.2, 0.25) is 11.8 Å². The Balaban J connectivity index is 1.76. The van der Waals surface area contributed by atoms with Crippen molar-refractivity contribution in [3.8, 4) is 5.75 Å². The van der Waals surface area contributed by atoms with Crippen molar-refractivity contribution in [1.82, 2.24) is 0 Å². The van der Waals surface area contributed by atoms with Gasteiger partial charge in [0.15, 0.2) is 0 Å². The zero-order valence-electron chi connectivity index (χ0n) is 15.3. The number of nitro benzene ring substituents is 1. The van der Waals surface area contributed by atoms with E-state index in [1.807, 2.05) is 0 Å². The number of nitrogens with zero attached hydrogens (tertiary/aromatic N) is 1. The summed E-state index contributed by atoms with van der Waals surface area (Å²) in [4.78, 5) is 44.1. The lowest BCUT2D eigenvalue weighted by molar-refractivity contribution is -0.384. The van der Waals surface area contributed by atoms with Gasteiger partial charge in [0, 0.05) is 30.7 Å². The number of carbonyl (C=O) groups excluding carboxylic acids is 3. The topological polar surface area (TPSA) is 151 Å². The van der Waals surface area contributed by atoms with E-state index in [4.69, 9.17) is 15.2 Å². The number of hydrogen-bond acceptors (Lipinski definition) is 7. The predicted molar refractivity (Wildman–Crippen MR) is 102 cm³/mol. The van der Waals surface area contributed by atoms with Gasteiger partial charge in [-0.3, -0.25) is 19.7 Å². The molecule has 0 aliphatic heterocycles. The molecular formula is C19H19N3O7. The van der Waals surface area contributed by atoms with Crippen LogP contribution in [0.2, 0.25) is 0 Å². The fraction of sp³-hybridized carbons (Fsp3) is 0.211. The summed E-state index contributed by atoms with van der Waals surface area (Å²) in [5, 5.41) is 13.3. The van der Waals surface area contributed by atoms with Crippen LogP contribution in [0.3, 0.4) is 0 Å². The molecule has 2 rings (SSSR count). The summed E-state index contributed by atoms with van der Waals surface area (Å²) in [5.74, 6) is -0.564. The zero-order chi connectivity index (χ0) is 21.2. The minimum absolute atomic E-state index is 0.0569. The number of primary amides is 1. The van der Waals surface area contributed by atoms with Crippen molar-refractivity contribution in [2.75, 3.05) is 5.32 Å². The van der Waals surface area contributed by atoms with E-state index in [0.29, 0.717) is 17.7 Å². The minimum Gasteiger partial charge on any atom is -0.429 e. The fourth-order valence-electron chi connectivity index (χ4n) is 2.23. The van der Waals surface area contributed by atoms with Crippen LogP contribution in [0.15, 0.2) is 48.5 Å². The molecule has 0 aliphatic rings. The average molecular weight is 401 g/mol. The monoisotopic (exact) mass is 401 g/mol. The first-order chi connectivity index (χ1) is 13.8. The number of anilines is 1. The van der Waals surface area contributed by atoms with Crippen molar-refractivity contribution in [1.29, 1.82) is 0 Å². The summed E-state index contributed by atoms with van der Waals surface area (Å²) in [5.41, 5.74) is 6.12. The number of benzene rings is 2. The summed E-state index contributed by atoms with van der Waals surface area (Å²) in [6.45, 7) is -0.0569. The molecule has 0 saturated heterocycles. The number of nitrogens with one attached hydrogen (secondary N) is 1. The van der Waals surface area contributed by atoms with Crippen LogP contribution in [0.5, 0.6) is 5.75 Å². The lowest BCUT2D eigenvalue weighted by Gasteiger charge is -2.08. The minimum atomic E-state index is -0.953. The van der Waals surface area contributed by atoms with Gasteiger partial charge >= 0.3 is 6.16 Å². The van der Waals surface area contributed by atoms with Crippen LogP contribution in [-0.2, 0) is 20.9 Å². The van der Waals surface area contributed by atoms with Gasteiger partial charge in [-0.05, 0) is 36.2 Å². The van der Waals surface area contributed by atoms with E-state index in [-0.39, 0.29) is 36.8 Å². The Hall–Kier alpha value is -3.95. The maximum atomic E-state index is 11.7. The predicted octanol–water partition coefficient (Wildman–Crippen LogP) is 2.90. The van der Waals surface area contributed by atoms with Crippen LogP contribution < -0.4 is 15.8 Å². The highest BCUT2D eigenvalue weighted by Crippen LogP contribution is 2.18. The van der Waals surface area contributed by atoms with E-state index >= 15 is 0 Å². The molecule has 0 spiro atoms. The Labute approximate surface area is 165 Å². The first kappa shape index (κ1) is 21.4. The Morgan fingerprint density at radius 1 is 1.00 bits per heavy atom. The number of nitrogens with two attached hydrogens (primary N) is 1. The molecule has 29 heavy (non-hydrogen) atoms. The second kappa shape index (κ2) is 10.4.